The summed E-state index contributed by atoms with van der Waals surface area (Å²) >= 11 is 0. The number of para-hydroxylation sites is 1. The Kier molecular flexibility index (Phi) is 4.62. The lowest BCUT2D eigenvalue weighted by Crippen LogP contribution is -2.83. The first-order valence-corrected chi connectivity index (χ1v) is 8.20. The molecule has 0 aliphatic rings. The molecule has 3 rings (SSSR count). The molecule has 124 valence electrons. The molecule has 0 fully saturated rings. The third-order valence-corrected chi connectivity index (χ3v) is 4.38. The van der Waals surface area contributed by atoms with Crippen molar-refractivity contribution in [1.82, 2.24) is 9.55 Å². The number of aromatic hydroxyl groups is 1. The zero-order valence-electron chi connectivity index (χ0n) is 13.9. The number of aryl methyl sites for hydroxylation is 1. The number of nitrogens with two attached hydrogens (primary N) is 1. The van der Waals surface area contributed by atoms with Gasteiger partial charge in [-0.15, -0.1) is 0 Å². The van der Waals surface area contributed by atoms with Crippen molar-refractivity contribution in [2.75, 3.05) is 0 Å². The van der Waals surface area contributed by atoms with Crippen molar-refractivity contribution in [2.24, 2.45) is 0 Å². The van der Waals surface area contributed by atoms with Crippen LogP contribution in [0.3, 0.4) is 0 Å². The summed E-state index contributed by atoms with van der Waals surface area (Å²) in [5, 5.41) is 13.4. The van der Waals surface area contributed by atoms with Gasteiger partial charge in [0.05, 0.1) is 5.52 Å². The van der Waals surface area contributed by atoms with E-state index < -0.39 is 0 Å². The van der Waals surface area contributed by atoms with Gasteiger partial charge in [-0.2, -0.15) is 0 Å². The molecule has 5 heteroatoms. The van der Waals surface area contributed by atoms with E-state index in [2.05, 4.69) is 4.98 Å². The second-order valence-corrected chi connectivity index (χ2v) is 5.92. The SMILES string of the molecule is CCn1c(=O)c([C@H](C)[NH2+]Cc2cccnc2)c(O)c2ccccc21. The van der Waals surface area contributed by atoms with Gasteiger partial charge in [0.1, 0.15) is 23.9 Å². The van der Waals surface area contributed by atoms with Crippen molar-refractivity contribution in [1.29, 1.82) is 0 Å². The molecule has 2 aromatic heterocycles. The summed E-state index contributed by atoms with van der Waals surface area (Å²) < 4.78 is 1.72. The lowest BCUT2D eigenvalue weighted by atomic mass is 10.0. The number of hydrogen-bond acceptors (Lipinski definition) is 3. The zero-order valence-corrected chi connectivity index (χ0v) is 13.9. The Morgan fingerprint density at radius 1 is 1.25 bits per heavy atom. The fourth-order valence-corrected chi connectivity index (χ4v) is 3.08. The molecule has 0 aliphatic carbocycles. The summed E-state index contributed by atoms with van der Waals surface area (Å²) in [7, 11) is 0. The van der Waals surface area contributed by atoms with E-state index in [1.807, 2.05) is 61.8 Å². The van der Waals surface area contributed by atoms with E-state index in [0.29, 0.717) is 18.7 Å². The second-order valence-electron chi connectivity index (χ2n) is 5.92. The summed E-state index contributed by atoms with van der Waals surface area (Å²) in [6.45, 7) is 5.16. The summed E-state index contributed by atoms with van der Waals surface area (Å²) in [5.74, 6) is 0.0928. The van der Waals surface area contributed by atoms with Crippen molar-refractivity contribution in [3.8, 4) is 5.75 Å². The van der Waals surface area contributed by atoms with Gasteiger partial charge in [-0.25, -0.2) is 0 Å². The van der Waals surface area contributed by atoms with Gasteiger partial charge in [-0.1, -0.05) is 18.2 Å². The molecule has 0 radical (unpaired) electrons. The maximum Gasteiger partial charge on any atom is 0.264 e. The van der Waals surface area contributed by atoms with Crippen molar-refractivity contribution in [3.05, 3.63) is 70.3 Å². The van der Waals surface area contributed by atoms with Crippen molar-refractivity contribution in [3.63, 3.8) is 0 Å². The Labute approximate surface area is 140 Å². The number of nitrogens with zero attached hydrogens (tertiary/aromatic N) is 2. The lowest BCUT2D eigenvalue weighted by Gasteiger charge is -2.17. The average molecular weight is 324 g/mol. The fraction of sp³-hybridized carbons (Fsp3) is 0.263. The second kappa shape index (κ2) is 6.84. The number of fused-ring (bicyclic) bond motifs is 1. The lowest BCUT2D eigenvalue weighted by molar-refractivity contribution is -0.708. The first kappa shape index (κ1) is 16.2. The maximum absolute atomic E-state index is 12.9. The first-order valence-electron chi connectivity index (χ1n) is 8.20. The molecular weight excluding hydrogens is 302 g/mol. The number of rotatable bonds is 5. The van der Waals surface area contributed by atoms with E-state index in [1.54, 1.807) is 10.8 Å². The highest BCUT2D eigenvalue weighted by molar-refractivity contribution is 5.86. The Bertz CT molecular complexity index is 904. The molecule has 0 saturated carbocycles. The fourth-order valence-electron chi connectivity index (χ4n) is 3.08. The van der Waals surface area contributed by atoms with Gasteiger partial charge < -0.3 is 15.0 Å². The predicted octanol–water partition coefficient (Wildman–Crippen LogP) is 1.95. The van der Waals surface area contributed by atoms with Crippen LogP contribution in [0.5, 0.6) is 5.75 Å². The van der Waals surface area contributed by atoms with E-state index in [9.17, 15) is 9.90 Å². The van der Waals surface area contributed by atoms with Crippen LogP contribution in [-0.4, -0.2) is 14.7 Å². The van der Waals surface area contributed by atoms with Crippen LogP contribution in [0.25, 0.3) is 10.9 Å². The molecule has 3 aromatic rings. The molecule has 24 heavy (non-hydrogen) atoms. The molecular formula is C19H22N3O2+. The van der Waals surface area contributed by atoms with Crippen LogP contribution < -0.4 is 10.9 Å². The summed E-state index contributed by atoms with van der Waals surface area (Å²) in [6.07, 6.45) is 3.55. The van der Waals surface area contributed by atoms with Crippen LogP contribution in [0.2, 0.25) is 0 Å². The molecule has 5 nitrogen and oxygen atoms in total. The van der Waals surface area contributed by atoms with E-state index >= 15 is 0 Å². The van der Waals surface area contributed by atoms with Crippen LogP contribution in [0.1, 0.15) is 31.0 Å². The largest absolute Gasteiger partial charge is 0.506 e. The maximum atomic E-state index is 12.9. The Balaban J connectivity index is 2.00. The summed E-state index contributed by atoms with van der Waals surface area (Å²) in [4.78, 5) is 17.0. The Morgan fingerprint density at radius 2 is 2.04 bits per heavy atom. The van der Waals surface area contributed by atoms with Crippen molar-refractivity contribution in [2.45, 2.75) is 33.0 Å². The molecule has 0 saturated heterocycles. The van der Waals surface area contributed by atoms with Gasteiger partial charge >= 0.3 is 0 Å². The molecule has 1 aromatic carbocycles. The normalized spacial score (nSPS) is 12.4. The Hall–Kier alpha value is -2.66. The molecule has 0 amide bonds. The molecule has 0 unspecified atom stereocenters. The topological polar surface area (TPSA) is 71.7 Å². The van der Waals surface area contributed by atoms with Crippen LogP contribution in [-0.2, 0) is 13.1 Å². The molecule has 1 atom stereocenters. The Morgan fingerprint density at radius 3 is 2.75 bits per heavy atom. The van der Waals surface area contributed by atoms with E-state index in [0.717, 1.165) is 16.5 Å². The van der Waals surface area contributed by atoms with Gasteiger partial charge in [0.15, 0.2) is 0 Å². The quantitative estimate of drug-likeness (QED) is 0.753. The van der Waals surface area contributed by atoms with Crippen LogP contribution >= 0.6 is 0 Å². The molecule has 0 bridgehead atoms. The predicted molar refractivity (Wildman–Crippen MR) is 93.8 cm³/mol. The average Bonchev–Trinajstić information content (AvgIpc) is 2.61. The zero-order chi connectivity index (χ0) is 17.1. The third kappa shape index (κ3) is 2.90. The molecule has 2 heterocycles. The highest BCUT2D eigenvalue weighted by Gasteiger charge is 2.22. The van der Waals surface area contributed by atoms with Crippen LogP contribution in [0.15, 0.2) is 53.6 Å². The van der Waals surface area contributed by atoms with Crippen molar-refractivity contribution < 1.29 is 10.4 Å². The van der Waals surface area contributed by atoms with E-state index in [1.165, 1.54) is 0 Å². The number of quaternary nitrogens is 1. The minimum atomic E-state index is -0.153. The highest BCUT2D eigenvalue weighted by Crippen LogP contribution is 2.28. The van der Waals surface area contributed by atoms with Crippen LogP contribution in [0.4, 0.5) is 0 Å². The van der Waals surface area contributed by atoms with Gasteiger partial charge in [-0.05, 0) is 32.0 Å². The summed E-state index contributed by atoms with van der Waals surface area (Å²) in [6, 6.07) is 11.2. The molecule has 0 aliphatic heterocycles. The van der Waals surface area contributed by atoms with E-state index in [-0.39, 0.29) is 17.4 Å². The van der Waals surface area contributed by atoms with Crippen LogP contribution in [0, 0.1) is 0 Å². The monoisotopic (exact) mass is 324 g/mol. The van der Waals surface area contributed by atoms with Gasteiger partial charge in [0.2, 0.25) is 0 Å². The van der Waals surface area contributed by atoms with Gasteiger partial charge in [0.25, 0.3) is 5.56 Å². The first-order chi connectivity index (χ1) is 11.6. The minimum Gasteiger partial charge on any atom is -0.506 e. The van der Waals surface area contributed by atoms with Gasteiger partial charge in [0, 0.05) is 29.9 Å². The number of benzene rings is 1. The minimum absolute atomic E-state index is 0.0928. The number of aromatic nitrogens is 2. The van der Waals surface area contributed by atoms with Crippen molar-refractivity contribution >= 4 is 10.9 Å². The number of pyridine rings is 2. The van der Waals surface area contributed by atoms with Gasteiger partial charge in [-0.3, -0.25) is 9.78 Å². The number of hydrogen-bond donors (Lipinski definition) is 2. The standard InChI is InChI=1S/C19H21N3O2/c1-3-22-16-9-5-4-8-15(16)18(23)17(19(22)24)13(2)21-12-14-7-6-10-20-11-14/h4-11,13,21,23H,3,12H2,1-2H3/p+1/t13-/m0/s1. The smallest absolute Gasteiger partial charge is 0.264 e. The van der Waals surface area contributed by atoms with E-state index in [4.69, 9.17) is 0 Å². The highest BCUT2D eigenvalue weighted by atomic mass is 16.3. The molecule has 0 spiro atoms. The third-order valence-electron chi connectivity index (χ3n) is 4.38. The summed E-state index contributed by atoms with van der Waals surface area (Å²) in [5.41, 5.74) is 2.19. The molecule has 3 N–H and O–H groups in total.